The summed E-state index contributed by atoms with van der Waals surface area (Å²) in [6.07, 6.45) is 1.88. The number of likely N-dealkylation sites (tertiary alicyclic amines) is 1. The van der Waals surface area contributed by atoms with Crippen molar-refractivity contribution in [3.8, 4) is 0 Å². The van der Waals surface area contributed by atoms with Gasteiger partial charge in [0.05, 0.1) is 25.1 Å². The van der Waals surface area contributed by atoms with E-state index in [-0.39, 0.29) is 12.1 Å². The maximum absolute atomic E-state index is 10.6. The molecule has 0 aromatic carbocycles. The van der Waals surface area contributed by atoms with E-state index in [1.807, 2.05) is 31.6 Å². The van der Waals surface area contributed by atoms with Crippen LogP contribution in [0.25, 0.3) is 0 Å². The number of hydrogen-bond acceptors (Lipinski definition) is 5. The first-order valence-corrected chi connectivity index (χ1v) is 7.89. The zero-order valence-electron chi connectivity index (χ0n) is 14.1. The highest BCUT2D eigenvalue weighted by molar-refractivity contribution is 5.73. The van der Waals surface area contributed by atoms with E-state index in [2.05, 4.69) is 10.00 Å². The van der Waals surface area contributed by atoms with Gasteiger partial charge in [-0.25, -0.2) is 4.79 Å². The first-order chi connectivity index (χ1) is 12.2. The van der Waals surface area contributed by atoms with Gasteiger partial charge in [0.25, 0.3) is 0 Å². The molecule has 2 aromatic heterocycles. The van der Waals surface area contributed by atoms with Crippen LogP contribution in [0.3, 0.4) is 0 Å². The van der Waals surface area contributed by atoms with Crippen LogP contribution in [0.2, 0.25) is 0 Å². The van der Waals surface area contributed by atoms with Gasteiger partial charge < -0.3 is 14.6 Å². The van der Waals surface area contributed by atoms with E-state index in [1.54, 1.807) is 10.9 Å². The predicted molar refractivity (Wildman–Crippen MR) is 84.1 cm³/mol. The van der Waals surface area contributed by atoms with Crippen molar-refractivity contribution in [3.63, 3.8) is 0 Å². The SMILES string of the molecule is Cn1cc(C[C@H]2[C@H](O)CCN2Cc2ccco2)cn1.O=C(O)C(F)(F)F. The summed E-state index contributed by atoms with van der Waals surface area (Å²) in [6.45, 7) is 1.67. The molecule has 1 aliphatic heterocycles. The number of carbonyl (C=O) groups is 1. The van der Waals surface area contributed by atoms with Crippen molar-refractivity contribution in [2.24, 2.45) is 7.05 Å². The lowest BCUT2D eigenvalue weighted by Crippen LogP contribution is -2.36. The Labute approximate surface area is 147 Å². The van der Waals surface area contributed by atoms with Crippen LogP contribution in [0.5, 0.6) is 0 Å². The molecule has 2 N–H and O–H groups in total. The van der Waals surface area contributed by atoms with Crippen molar-refractivity contribution in [2.75, 3.05) is 6.54 Å². The molecule has 7 nitrogen and oxygen atoms in total. The molecule has 0 aliphatic carbocycles. The van der Waals surface area contributed by atoms with Crippen LogP contribution in [0, 0.1) is 0 Å². The van der Waals surface area contributed by atoms with Crippen molar-refractivity contribution in [2.45, 2.75) is 37.7 Å². The third-order valence-corrected chi connectivity index (χ3v) is 4.01. The monoisotopic (exact) mass is 375 g/mol. The Morgan fingerprint density at radius 1 is 1.46 bits per heavy atom. The lowest BCUT2D eigenvalue weighted by atomic mass is 10.0. The van der Waals surface area contributed by atoms with E-state index in [0.29, 0.717) is 0 Å². The molecule has 2 aromatic rings. The molecule has 2 atom stereocenters. The number of hydrogen-bond donors (Lipinski definition) is 2. The summed E-state index contributed by atoms with van der Waals surface area (Å²) in [7, 11) is 1.91. The van der Waals surface area contributed by atoms with Gasteiger partial charge in [0, 0.05) is 25.8 Å². The van der Waals surface area contributed by atoms with Crippen molar-refractivity contribution >= 4 is 5.97 Å². The smallest absolute Gasteiger partial charge is 0.475 e. The number of aliphatic hydroxyl groups is 1. The molecular formula is C16H20F3N3O4. The number of aliphatic hydroxyl groups excluding tert-OH is 1. The fourth-order valence-corrected chi connectivity index (χ4v) is 2.78. The summed E-state index contributed by atoms with van der Waals surface area (Å²) in [5, 5.41) is 21.5. The normalized spacial score (nSPS) is 20.7. The number of furan rings is 1. The first kappa shape index (κ1) is 20.0. The molecule has 0 radical (unpaired) electrons. The fraction of sp³-hybridized carbons (Fsp3) is 0.500. The van der Waals surface area contributed by atoms with Gasteiger partial charge in [0.2, 0.25) is 0 Å². The Kier molecular flexibility index (Phi) is 6.43. The maximum Gasteiger partial charge on any atom is 0.490 e. The molecule has 1 aliphatic rings. The lowest BCUT2D eigenvalue weighted by Gasteiger charge is -2.24. The van der Waals surface area contributed by atoms with Gasteiger partial charge in [-0.15, -0.1) is 0 Å². The van der Waals surface area contributed by atoms with Crippen LogP contribution < -0.4 is 0 Å². The van der Waals surface area contributed by atoms with E-state index in [9.17, 15) is 18.3 Å². The largest absolute Gasteiger partial charge is 0.490 e. The van der Waals surface area contributed by atoms with E-state index in [1.165, 1.54) is 0 Å². The molecular weight excluding hydrogens is 355 g/mol. The minimum atomic E-state index is -5.08. The second-order valence-corrected chi connectivity index (χ2v) is 6.00. The summed E-state index contributed by atoms with van der Waals surface area (Å²) >= 11 is 0. The number of alkyl halides is 3. The van der Waals surface area contributed by atoms with Crippen molar-refractivity contribution < 1.29 is 32.6 Å². The molecule has 1 fully saturated rings. The number of aliphatic carboxylic acids is 1. The minimum absolute atomic E-state index is 0.147. The molecule has 3 heterocycles. The Balaban J connectivity index is 0.000000298. The van der Waals surface area contributed by atoms with Gasteiger partial charge in [-0.3, -0.25) is 9.58 Å². The van der Waals surface area contributed by atoms with Gasteiger partial charge in [-0.05, 0) is 30.5 Å². The molecule has 0 amide bonds. The predicted octanol–water partition coefficient (Wildman–Crippen LogP) is 1.82. The van der Waals surface area contributed by atoms with Crippen LogP contribution in [-0.4, -0.2) is 55.7 Å². The van der Waals surface area contributed by atoms with E-state index in [4.69, 9.17) is 14.3 Å². The van der Waals surface area contributed by atoms with Gasteiger partial charge in [0.1, 0.15) is 5.76 Å². The highest BCUT2D eigenvalue weighted by atomic mass is 19.4. The molecule has 1 saturated heterocycles. The summed E-state index contributed by atoms with van der Waals surface area (Å²) in [5.41, 5.74) is 1.16. The standard InChI is InChI=1S/C14H19N3O2.C2HF3O2/c1-16-9-11(8-15-16)7-13-14(18)4-5-17(13)10-12-3-2-6-19-12;3-2(4,5)1(6)7/h2-3,6,8-9,13-14,18H,4-5,7,10H2,1H3;(H,6,7)/t13-,14+;/m0./s1. The highest BCUT2D eigenvalue weighted by Crippen LogP contribution is 2.24. The number of nitrogens with zero attached hydrogens (tertiary/aromatic N) is 3. The van der Waals surface area contributed by atoms with Crippen LogP contribution >= 0.6 is 0 Å². The van der Waals surface area contributed by atoms with Crippen LogP contribution in [0.1, 0.15) is 17.7 Å². The van der Waals surface area contributed by atoms with E-state index in [0.717, 1.165) is 37.3 Å². The number of aromatic nitrogens is 2. The number of aryl methyl sites for hydroxylation is 1. The van der Waals surface area contributed by atoms with Crippen LogP contribution in [0.15, 0.2) is 35.2 Å². The second-order valence-electron chi connectivity index (χ2n) is 6.00. The van der Waals surface area contributed by atoms with Gasteiger partial charge in [-0.2, -0.15) is 18.3 Å². The number of carboxylic acids is 1. The van der Waals surface area contributed by atoms with Crippen LogP contribution in [0.4, 0.5) is 13.2 Å². The minimum Gasteiger partial charge on any atom is -0.475 e. The number of rotatable bonds is 4. The Bertz CT molecular complexity index is 700. The third-order valence-electron chi connectivity index (χ3n) is 4.01. The average molecular weight is 375 g/mol. The van der Waals surface area contributed by atoms with E-state index < -0.39 is 12.1 Å². The van der Waals surface area contributed by atoms with Gasteiger partial charge in [-0.1, -0.05) is 0 Å². The lowest BCUT2D eigenvalue weighted by molar-refractivity contribution is -0.192. The quantitative estimate of drug-likeness (QED) is 0.847. The number of halogens is 3. The van der Waals surface area contributed by atoms with Crippen molar-refractivity contribution in [1.82, 2.24) is 14.7 Å². The molecule has 0 saturated carbocycles. The first-order valence-electron chi connectivity index (χ1n) is 7.89. The Morgan fingerprint density at radius 3 is 2.65 bits per heavy atom. The van der Waals surface area contributed by atoms with Gasteiger partial charge in [0.15, 0.2) is 0 Å². The zero-order valence-corrected chi connectivity index (χ0v) is 14.1. The van der Waals surface area contributed by atoms with Gasteiger partial charge >= 0.3 is 12.1 Å². The molecule has 26 heavy (non-hydrogen) atoms. The molecule has 144 valence electrons. The molecule has 10 heteroatoms. The third kappa shape index (κ3) is 5.60. The Morgan fingerprint density at radius 2 is 2.15 bits per heavy atom. The van der Waals surface area contributed by atoms with Crippen molar-refractivity contribution in [3.05, 3.63) is 42.1 Å². The van der Waals surface area contributed by atoms with Crippen molar-refractivity contribution in [1.29, 1.82) is 0 Å². The highest BCUT2D eigenvalue weighted by Gasteiger charge is 2.38. The molecule has 0 spiro atoms. The Hall–Kier alpha value is -2.33. The summed E-state index contributed by atoms with van der Waals surface area (Å²) < 4.78 is 38.9. The van der Waals surface area contributed by atoms with E-state index >= 15 is 0 Å². The summed E-state index contributed by atoms with van der Waals surface area (Å²) in [5.74, 6) is -1.81. The molecule has 3 rings (SSSR count). The maximum atomic E-state index is 10.6. The molecule has 0 unspecified atom stereocenters. The van der Waals surface area contributed by atoms with Crippen LogP contribution in [-0.2, 0) is 24.8 Å². The average Bonchev–Trinajstić information content (AvgIpc) is 3.26. The number of carboxylic acid groups (broad SMARTS) is 1. The second kappa shape index (κ2) is 8.37. The molecule has 0 bridgehead atoms. The summed E-state index contributed by atoms with van der Waals surface area (Å²) in [6, 6.07) is 4.03. The zero-order chi connectivity index (χ0) is 19.3. The fourth-order valence-electron chi connectivity index (χ4n) is 2.78. The summed E-state index contributed by atoms with van der Waals surface area (Å²) in [4.78, 5) is 11.2. The topological polar surface area (TPSA) is 91.7 Å².